The van der Waals surface area contributed by atoms with Crippen molar-refractivity contribution >= 4 is 10.0 Å². The largest absolute Gasteiger partial charge is 0.380 e. The molecule has 0 unspecified atom stereocenters. The molecule has 0 radical (unpaired) electrons. The Morgan fingerprint density at radius 1 is 1.50 bits per heavy atom. The van der Waals surface area contributed by atoms with Crippen LogP contribution in [0.15, 0.2) is 23.1 Å². The predicted molar refractivity (Wildman–Crippen MR) is 62.8 cm³/mol. The second kappa shape index (κ2) is 6.44. The number of rotatable bonds is 6. The summed E-state index contributed by atoms with van der Waals surface area (Å²) < 4.78 is 43.9. The molecule has 5 nitrogen and oxygen atoms in total. The maximum atomic E-state index is 13.1. The minimum absolute atomic E-state index is 0.120. The molecule has 0 spiro atoms. The van der Waals surface area contributed by atoms with Crippen LogP contribution in [0.1, 0.15) is 12.5 Å². The van der Waals surface area contributed by atoms with Crippen LogP contribution in [0.2, 0.25) is 0 Å². The SMILES string of the molecule is CCOCCNS(=O)(=O)c1ccc(F)c(C#N)c1. The highest BCUT2D eigenvalue weighted by molar-refractivity contribution is 7.89. The average molecular weight is 272 g/mol. The lowest BCUT2D eigenvalue weighted by molar-refractivity contribution is 0.153. The normalized spacial score (nSPS) is 11.2. The van der Waals surface area contributed by atoms with Gasteiger partial charge in [-0.15, -0.1) is 0 Å². The standard InChI is InChI=1S/C11H13FN2O3S/c1-2-17-6-5-14-18(15,16)10-3-4-11(12)9(7-10)8-13/h3-4,7,14H,2,5-6H2,1H3. The predicted octanol–water partition coefficient (Wildman–Crippen LogP) is 1.01. The summed E-state index contributed by atoms with van der Waals surface area (Å²) in [7, 11) is -3.74. The van der Waals surface area contributed by atoms with E-state index in [1.54, 1.807) is 13.0 Å². The molecule has 0 saturated heterocycles. The number of nitrogens with zero attached hydrogens (tertiary/aromatic N) is 1. The van der Waals surface area contributed by atoms with Gasteiger partial charge >= 0.3 is 0 Å². The molecule has 1 aromatic carbocycles. The van der Waals surface area contributed by atoms with Gasteiger partial charge < -0.3 is 4.74 Å². The van der Waals surface area contributed by atoms with Crippen molar-refractivity contribution in [2.75, 3.05) is 19.8 Å². The molecule has 0 heterocycles. The molecule has 1 aromatic rings. The van der Waals surface area contributed by atoms with Crippen LogP contribution in [0.25, 0.3) is 0 Å². The van der Waals surface area contributed by atoms with Crippen molar-refractivity contribution in [3.8, 4) is 6.07 Å². The monoisotopic (exact) mass is 272 g/mol. The summed E-state index contributed by atoms with van der Waals surface area (Å²) in [5.41, 5.74) is -0.303. The molecule has 0 aliphatic heterocycles. The second-order valence-corrected chi connectivity index (χ2v) is 5.12. The molecule has 18 heavy (non-hydrogen) atoms. The van der Waals surface area contributed by atoms with Crippen molar-refractivity contribution < 1.29 is 17.5 Å². The van der Waals surface area contributed by atoms with Crippen LogP contribution in [0.5, 0.6) is 0 Å². The van der Waals surface area contributed by atoms with Crippen molar-refractivity contribution in [3.63, 3.8) is 0 Å². The van der Waals surface area contributed by atoms with E-state index in [0.717, 1.165) is 18.2 Å². The quantitative estimate of drug-likeness (QED) is 0.784. The van der Waals surface area contributed by atoms with Gasteiger partial charge in [-0.25, -0.2) is 17.5 Å². The number of nitrogens with one attached hydrogen (secondary N) is 1. The molecule has 0 aliphatic rings. The van der Waals surface area contributed by atoms with Gasteiger partial charge in [0.1, 0.15) is 11.9 Å². The van der Waals surface area contributed by atoms with Gasteiger partial charge in [-0.1, -0.05) is 0 Å². The first-order valence-electron chi connectivity index (χ1n) is 5.28. The van der Waals surface area contributed by atoms with Gasteiger partial charge in [-0.05, 0) is 25.1 Å². The maximum absolute atomic E-state index is 13.1. The van der Waals surface area contributed by atoms with Gasteiger partial charge in [0.15, 0.2) is 0 Å². The number of sulfonamides is 1. The molecule has 0 bridgehead atoms. The first-order valence-corrected chi connectivity index (χ1v) is 6.76. The minimum Gasteiger partial charge on any atom is -0.380 e. The fourth-order valence-electron chi connectivity index (χ4n) is 1.23. The number of halogens is 1. The molecule has 1 N–H and O–H groups in total. The summed E-state index contributed by atoms with van der Waals surface area (Å²) in [6.07, 6.45) is 0. The second-order valence-electron chi connectivity index (χ2n) is 3.35. The summed E-state index contributed by atoms with van der Waals surface area (Å²) in [4.78, 5) is -0.142. The summed E-state index contributed by atoms with van der Waals surface area (Å²) >= 11 is 0. The lowest BCUT2D eigenvalue weighted by Gasteiger charge is -2.07. The van der Waals surface area contributed by atoms with E-state index in [1.165, 1.54) is 0 Å². The summed E-state index contributed by atoms with van der Waals surface area (Å²) in [6.45, 7) is 2.67. The van der Waals surface area contributed by atoms with Crippen molar-refractivity contribution in [2.24, 2.45) is 0 Å². The van der Waals surface area contributed by atoms with Crippen LogP contribution in [0.3, 0.4) is 0 Å². The van der Waals surface area contributed by atoms with E-state index in [0.29, 0.717) is 6.61 Å². The van der Waals surface area contributed by atoms with Crippen LogP contribution in [-0.4, -0.2) is 28.2 Å². The van der Waals surface area contributed by atoms with Crippen LogP contribution >= 0.6 is 0 Å². The summed E-state index contributed by atoms with van der Waals surface area (Å²) in [6, 6.07) is 4.65. The van der Waals surface area contributed by atoms with E-state index in [2.05, 4.69) is 4.72 Å². The van der Waals surface area contributed by atoms with Gasteiger partial charge in [0.05, 0.1) is 17.1 Å². The molecule has 98 valence electrons. The number of nitriles is 1. The molecule has 0 amide bonds. The zero-order valence-electron chi connectivity index (χ0n) is 9.81. The number of ether oxygens (including phenoxy) is 1. The summed E-state index contributed by atoms with van der Waals surface area (Å²) in [5.74, 6) is -0.745. The lowest BCUT2D eigenvalue weighted by atomic mass is 10.2. The minimum atomic E-state index is -3.74. The van der Waals surface area contributed by atoms with Crippen LogP contribution in [-0.2, 0) is 14.8 Å². The Kier molecular flexibility index (Phi) is 5.22. The number of benzene rings is 1. The maximum Gasteiger partial charge on any atom is 0.240 e. The fourth-order valence-corrected chi connectivity index (χ4v) is 2.27. The third-order valence-corrected chi connectivity index (χ3v) is 3.57. The van der Waals surface area contributed by atoms with Crippen molar-refractivity contribution in [3.05, 3.63) is 29.6 Å². The molecule has 1 rings (SSSR count). The van der Waals surface area contributed by atoms with Crippen molar-refractivity contribution in [1.82, 2.24) is 4.72 Å². The molecule has 0 fully saturated rings. The third kappa shape index (κ3) is 3.77. The molecule has 0 atom stereocenters. The first-order chi connectivity index (χ1) is 8.51. The van der Waals surface area contributed by atoms with E-state index >= 15 is 0 Å². The van der Waals surface area contributed by atoms with Gasteiger partial charge in [-0.2, -0.15) is 5.26 Å². The van der Waals surface area contributed by atoms with Gasteiger partial charge in [0.2, 0.25) is 10.0 Å². The van der Waals surface area contributed by atoms with Gasteiger partial charge in [0, 0.05) is 13.2 Å². The zero-order chi connectivity index (χ0) is 13.6. The van der Waals surface area contributed by atoms with E-state index in [4.69, 9.17) is 10.00 Å². The van der Waals surface area contributed by atoms with Crippen LogP contribution in [0.4, 0.5) is 4.39 Å². The molecule has 0 aromatic heterocycles. The Morgan fingerprint density at radius 2 is 2.22 bits per heavy atom. The Balaban J connectivity index is 2.83. The number of hydrogen-bond donors (Lipinski definition) is 1. The van der Waals surface area contributed by atoms with Crippen molar-refractivity contribution in [2.45, 2.75) is 11.8 Å². The van der Waals surface area contributed by atoms with Gasteiger partial charge in [-0.3, -0.25) is 0 Å². The topological polar surface area (TPSA) is 79.2 Å². The first kappa shape index (κ1) is 14.6. The van der Waals surface area contributed by atoms with E-state index < -0.39 is 15.8 Å². The molecular formula is C11H13FN2O3S. The van der Waals surface area contributed by atoms with E-state index in [-0.39, 0.29) is 23.6 Å². The van der Waals surface area contributed by atoms with E-state index in [1.807, 2.05) is 0 Å². The van der Waals surface area contributed by atoms with Gasteiger partial charge in [0.25, 0.3) is 0 Å². The number of hydrogen-bond acceptors (Lipinski definition) is 4. The highest BCUT2D eigenvalue weighted by atomic mass is 32.2. The smallest absolute Gasteiger partial charge is 0.240 e. The third-order valence-electron chi connectivity index (χ3n) is 2.11. The van der Waals surface area contributed by atoms with E-state index in [9.17, 15) is 12.8 Å². The molecule has 7 heteroatoms. The summed E-state index contributed by atoms with van der Waals surface area (Å²) in [5, 5.41) is 8.63. The van der Waals surface area contributed by atoms with Crippen LogP contribution in [0, 0.1) is 17.1 Å². The van der Waals surface area contributed by atoms with Crippen molar-refractivity contribution in [1.29, 1.82) is 5.26 Å². The lowest BCUT2D eigenvalue weighted by Crippen LogP contribution is -2.27. The molecule has 0 aliphatic carbocycles. The highest BCUT2D eigenvalue weighted by Crippen LogP contribution is 2.14. The Labute approximate surface area is 105 Å². The fraction of sp³-hybridized carbons (Fsp3) is 0.364. The Hall–Kier alpha value is -1.49. The van der Waals surface area contributed by atoms with Crippen LogP contribution < -0.4 is 4.72 Å². The Morgan fingerprint density at radius 3 is 2.83 bits per heavy atom. The Bertz CT molecular complexity index is 552. The molecule has 0 saturated carbocycles. The highest BCUT2D eigenvalue weighted by Gasteiger charge is 2.15. The molecular weight excluding hydrogens is 259 g/mol. The zero-order valence-corrected chi connectivity index (χ0v) is 10.6. The average Bonchev–Trinajstić information content (AvgIpc) is 2.35.